The molecule has 0 amide bonds. The summed E-state index contributed by atoms with van der Waals surface area (Å²) in [4.78, 5) is 14.0. The maximum Gasteiger partial charge on any atom is 0.125 e. The molecule has 0 atom stereocenters. The Kier molecular flexibility index (Phi) is 4.15. The Balaban J connectivity index is 1.62. The lowest BCUT2D eigenvalue weighted by molar-refractivity contribution is 0.328. The van der Waals surface area contributed by atoms with Gasteiger partial charge in [-0.3, -0.25) is 4.98 Å². The predicted octanol–water partition coefficient (Wildman–Crippen LogP) is 3.08. The summed E-state index contributed by atoms with van der Waals surface area (Å²) in [6.07, 6.45) is 4.51. The molecule has 3 rings (SSSR count). The van der Waals surface area contributed by atoms with Crippen LogP contribution in [0.2, 0.25) is 0 Å². The Hall–Kier alpha value is -2.27. The second kappa shape index (κ2) is 6.23. The van der Waals surface area contributed by atoms with Crippen molar-refractivity contribution in [2.45, 2.75) is 19.9 Å². The number of hydrogen-bond donors (Lipinski definition) is 1. The number of nitrogens with zero attached hydrogens (tertiary/aromatic N) is 3. The Morgan fingerprint density at radius 3 is 2.95 bits per heavy atom. The summed E-state index contributed by atoms with van der Waals surface area (Å²) in [6, 6.07) is 6.67. The molecule has 0 aliphatic carbocycles. The molecule has 4 nitrogen and oxygen atoms in total. The molecule has 0 radical (unpaired) electrons. The number of aromatic amines is 1. The molecule has 2 heterocycles. The van der Waals surface area contributed by atoms with E-state index in [0.717, 1.165) is 36.4 Å². The van der Waals surface area contributed by atoms with Crippen molar-refractivity contribution >= 4 is 11.0 Å². The van der Waals surface area contributed by atoms with Crippen molar-refractivity contribution in [1.29, 1.82) is 0 Å². The van der Waals surface area contributed by atoms with Crippen LogP contribution in [0.3, 0.4) is 0 Å². The lowest BCUT2D eigenvalue weighted by Crippen LogP contribution is -2.21. The Labute approximate surface area is 129 Å². The molecule has 22 heavy (non-hydrogen) atoms. The van der Waals surface area contributed by atoms with Gasteiger partial charge in [0, 0.05) is 31.9 Å². The first-order valence-corrected chi connectivity index (χ1v) is 7.34. The van der Waals surface area contributed by atoms with E-state index >= 15 is 0 Å². The van der Waals surface area contributed by atoms with Crippen LogP contribution in [-0.4, -0.2) is 33.4 Å². The molecule has 0 fully saturated rings. The number of nitrogens with one attached hydrogen (secondary N) is 1. The minimum absolute atomic E-state index is 0.243. The number of halogens is 1. The van der Waals surface area contributed by atoms with Gasteiger partial charge in [-0.15, -0.1) is 0 Å². The number of imidazole rings is 1. The fourth-order valence-corrected chi connectivity index (χ4v) is 2.50. The van der Waals surface area contributed by atoms with E-state index < -0.39 is 0 Å². The van der Waals surface area contributed by atoms with E-state index in [0.29, 0.717) is 0 Å². The maximum atomic E-state index is 13.2. The van der Waals surface area contributed by atoms with Gasteiger partial charge in [0.2, 0.25) is 0 Å². The molecule has 0 unspecified atom stereocenters. The number of fused-ring (bicyclic) bond motifs is 1. The number of rotatable bonds is 5. The van der Waals surface area contributed by atoms with Gasteiger partial charge in [0.05, 0.1) is 11.0 Å². The van der Waals surface area contributed by atoms with Crippen molar-refractivity contribution in [3.63, 3.8) is 0 Å². The SMILES string of the molecule is Cc1cnccc1CN(C)CCc1nc2ccc(F)cc2[nH]1. The van der Waals surface area contributed by atoms with Gasteiger partial charge in [0.1, 0.15) is 11.6 Å². The van der Waals surface area contributed by atoms with E-state index in [4.69, 9.17) is 0 Å². The minimum Gasteiger partial charge on any atom is -0.342 e. The van der Waals surface area contributed by atoms with Gasteiger partial charge in [-0.2, -0.15) is 0 Å². The lowest BCUT2D eigenvalue weighted by Gasteiger charge is -2.17. The van der Waals surface area contributed by atoms with Crippen molar-refractivity contribution in [2.24, 2.45) is 0 Å². The van der Waals surface area contributed by atoms with E-state index in [-0.39, 0.29) is 5.82 Å². The van der Waals surface area contributed by atoms with Crippen LogP contribution >= 0.6 is 0 Å². The normalized spacial score (nSPS) is 11.5. The molecule has 114 valence electrons. The molecule has 2 aromatic heterocycles. The Bertz CT molecular complexity index is 781. The maximum absolute atomic E-state index is 13.2. The summed E-state index contributed by atoms with van der Waals surface area (Å²) in [7, 11) is 2.09. The van der Waals surface area contributed by atoms with Gasteiger partial charge in [-0.25, -0.2) is 9.37 Å². The van der Waals surface area contributed by atoms with Crippen LogP contribution < -0.4 is 0 Å². The highest BCUT2D eigenvalue weighted by molar-refractivity contribution is 5.74. The van der Waals surface area contributed by atoms with E-state index in [1.807, 2.05) is 12.4 Å². The van der Waals surface area contributed by atoms with Crippen LogP contribution in [0.4, 0.5) is 4.39 Å². The molecule has 0 bridgehead atoms. The van der Waals surface area contributed by atoms with Crippen molar-refractivity contribution in [3.05, 3.63) is 59.4 Å². The van der Waals surface area contributed by atoms with Crippen LogP contribution in [0, 0.1) is 12.7 Å². The number of benzene rings is 1. The third-order valence-electron chi connectivity index (χ3n) is 3.80. The van der Waals surface area contributed by atoms with Gasteiger partial charge < -0.3 is 9.88 Å². The topological polar surface area (TPSA) is 44.8 Å². The van der Waals surface area contributed by atoms with Crippen LogP contribution in [0.1, 0.15) is 17.0 Å². The Morgan fingerprint density at radius 2 is 2.14 bits per heavy atom. The molecule has 1 aromatic carbocycles. The summed E-state index contributed by atoms with van der Waals surface area (Å²) in [5, 5.41) is 0. The summed E-state index contributed by atoms with van der Waals surface area (Å²) >= 11 is 0. The average molecular weight is 298 g/mol. The number of pyridine rings is 1. The average Bonchev–Trinajstić information content (AvgIpc) is 2.89. The van der Waals surface area contributed by atoms with Crippen molar-refractivity contribution in [2.75, 3.05) is 13.6 Å². The molecule has 0 aliphatic rings. The zero-order valence-electron chi connectivity index (χ0n) is 12.8. The van der Waals surface area contributed by atoms with Crippen LogP contribution in [0.5, 0.6) is 0 Å². The van der Waals surface area contributed by atoms with Crippen molar-refractivity contribution in [3.8, 4) is 0 Å². The zero-order chi connectivity index (χ0) is 15.5. The highest BCUT2D eigenvalue weighted by Crippen LogP contribution is 2.14. The Morgan fingerprint density at radius 1 is 1.27 bits per heavy atom. The van der Waals surface area contributed by atoms with Crippen molar-refractivity contribution in [1.82, 2.24) is 19.9 Å². The highest BCUT2D eigenvalue weighted by atomic mass is 19.1. The lowest BCUT2D eigenvalue weighted by atomic mass is 10.1. The molecular weight excluding hydrogens is 279 g/mol. The number of aryl methyl sites for hydroxylation is 1. The summed E-state index contributed by atoms with van der Waals surface area (Å²) in [5.41, 5.74) is 4.05. The fourth-order valence-electron chi connectivity index (χ4n) is 2.50. The monoisotopic (exact) mass is 298 g/mol. The van der Waals surface area contributed by atoms with E-state index in [9.17, 15) is 4.39 Å². The number of aromatic nitrogens is 3. The smallest absolute Gasteiger partial charge is 0.125 e. The summed E-state index contributed by atoms with van der Waals surface area (Å²) < 4.78 is 13.2. The largest absolute Gasteiger partial charge is 0.342 e. The van der Waals surface area contributed by atoms with E-state index in [1.165, 1.54) is 23.3 Å². The van der Waals surface area contributed by atoms with E-state index in [1.54, 1.807) is 6.07 Å². The first-order chi connectivity index (χ1) is 10.6. The van der Waals surface area contributed by atoms with Crippen LogP contribution in [0.15, 0.2) is 36.7 Å². The molecule has 0 saturated carbocycles. The van der Waals surface area contributed by atoms with Gasteiger partial charge in [0.15, 0.2) is 0 Å². The molecule has 0 aliphatic heterocycles. The van der Waals surface area contributed by atoms with Crippen molar-refractivity contribution < 1.29 is 4.39 Å². The minimum atomic E-state index is -0.243. The number of likely N-dealkylation sites (N-methyl/N-ethyl adjacent to an activating group) is 1. The molecule has 0 saturated heterocycles. The third kappa shape index (κ3) is 3.31. The molecule has 1 N–H and O–H groups in total. The molecule has 5 heteroatoms. The van der Waals surface area contributed by atoms with Gasteiger partial charge in [0.25, 0.3) is 0 Å². The predicted molar refractivity (Wildman–Crippen MR) is 85.1 cm³/mol. The number of hydrogen-bond acceptors (Lipinski definition) is 3. The zero-order valence-corrected chi connectivity index (χ0v) is 12.8. The fraction of sp³-hybridized carbons (Fsp3) is 0.294. The second-order valence-electron chi connectivity index (χ2n) is 5.63. The van der Waals surface area contributed by atoms with Gasteiger partial charge >= 0.3 is 0 Å². The quantitative estimate of drug-likeness (QED) is 0.787. The molecule has 0 spiro atoms. The number of H-pyrrole nitrogens is 1. The van der Waals surface area contributed by atoms with Crippen LogP contribution in [0.25, 0.3) is 11.0 Å². The second-order valence-corrected chi connectivity index (χ2v) is 5.63. The van der Waals surface area contributed by atoms with Gasteiger partial charge in [-0.1, -0.05) is 0 Å². The third-order valence-corrected chi connectivity index (χ3v) is 3.80. The molecular formula is C17H19FN4. The first kappa shape index (κ1) is 14.7. The first-order valence-electron chi connectivity index (χ1n) is 7.34. The molecule has 3 aromatic rings. The van der Waals surface area contributed by atoms with Gasteiger partial charge in [-0.05, 0) is 49.4 Å². The highest BCUT2D eigenvalue weighted by Gasteiger charge is 2.07. The summed E-state index contributed by atoms with van der Waals surface area (Å²) in [5.74, 6) is 0.645. The summed E-state index contributed by atoms with van der Waals surface area (Å²) in [6.45, 7) is 3.83. The van der Waals surface area contributed by atoms with E-state index in [2.05, 4.69) is 39.9 Å². The standard InChI is InChI=1S/C17H19FN4/c1-12-10-19-7-5-13(12)11-22(2)8-6-17-20-15-4-3-14(18)9-16(15)21-17/h3-5,7,9-10H,6,8,11H2,1-2H3,(H,20,21). The van der Waals surface area contributed by atoms with Crippen LogP contribution in [-0.2, 0) is 13.0 Å².